The first-order chi connectivity index (χ1) is 12.2. The molecule has 1 aromatic heterocycles. The van der Waals surface area contributed by atoms with E-state index in [1.54, 1.807) is 0 Å². The van der Waals surface area contributed by atoms with E-state index in [2.05, 4.69) is 29.2 Å². The first-order valence-electron chi connectivity index (χ1n) is 8.46. The zero-order valence-electron chi connectivity index (χ0n) is 14.5. The standard InChI is InChI=1S/C20H22N2O3/c1-3-6-18(23)19-21-20(25-22-19)16-9-5-10-17(12-16)24-13-15-8-4-7-14(2)11-15/h4-5,7-12,18,23H,3,6,13H2,1-2H3. The molecular formula is C20H22N2O3. The lowest BCUT2D eigenvalue weighted by Crippen LogP contribution is -1.99. The second-order valence-corrected chi connectivity index (χ2v) is 6.07. The van der Waals surface area contributed by atoms with Gasteiger partial charge < -0.3 is 14.4 Å². The van der Waals surface area contributed by atoms with Crippen LogP contribution in [-0.4, -0.2) is 15.2 Å². The van der Waals surface area contributed by atoms with E-state index in [0.29, 0.717) is 24.7 Å². The Bertz CT molecular complexity index is 829. The van der Waals surface area contributed by atoms with Gasteiger partial charge in [-0.25, -0.2) is 0 Å². The molecule has 5 nitrogen and oxygen atoms in total. The van der Waals surface area contributed by atoms with Crippen LogP contribution in [0.2, 0.25) is 0 Å². The van der Waals surface area contributed by atoms with Crippen molar-refractivity contribution in [3.63, 3.8) is 0 Å². The summed E-state index contributed by atoms with van der Waals surface area (Å²) in [5, 5.41) is 13.8. The Morgan fingerprint density at radius 3 is 2.80 bits per heavy atom. The molecule has 25 heavy (non-hydrogen) atoms. The van der Waals surface area contributed by atoms with E-state index in [9.17, 15) is 5.11 Å². The molecule has 3 aromatic rings. The summed E-state index contributed by atoms with van der Waals surface area (Å²) in [6.45, 7) is 4.55. The molecule has 130 valence electrons. The van der Waals surface area contributed by atoms with Crippen LogP contribution in [0.1, 0.15) is 42.8 Å². The van der Waals surface area contributed by atoms with Gasteiger partial charge in [-0.15, -0.1) is 0 Å². The Morgan fingerprint density at radius 2 is 2.00 bits per heavy atom. The molecule has 0 saturated heterocycles. The molecule has 0 aliphatic carbocycles. The van der Waals surface area contributed by atoms with Crippen molar-refractivity contribution < 1.29 is 14.4 Å². The monoisotopic (exact) mass is 338 g/mol. The summed E-state index contributed by atoms with van der Waals surface area (Å²) in [4.78, 5) is 4.29. The predicted molar refractivity (Wildman–Crippen MR) is 95.1 cm³/mol. The number of benzene rings is 2. The SMILES string of the molecule is CCCC(O)c1noc(-c2cccc(OCc3cccc(C)c3)c2)n1. The van der Waals surface area contributed by atoms with Crippen LogP contribution in [0.25, 0.3) is 11.5 Å². The fourth-order valence-corrected chi connectivity index (χ4v) is 2.58. The van der Waals surface area contributed by atoms with Gasteiger partial charge in [0.25, 0.3) is 5.89 Å². The molecule has 1 N–H and O–H groups in total. The Hall–Kier alpha value is -2.66. The van der Waals surface area contributed by atoms with Crippen LogP contribution in [0.4, 0.5) is 0 Å². The van der Waals surface area contributed by atoms with Crippen LogP contribution in [0.15, 0.2) is 53.1 Å². The lowest BCUT2D eigenvalue weighted by atomic mass is 10.1. The molecule has 1 heterocycles. The maximum atomic E-state index is 9.96. The smallest absolute Gasteiger partial charge is 0.258 e. The minimum absolute atomic E-state index is 0.322. The number of aliphatic hydroxyl groups is 1. The van der Waals surface area contributed by atoms with Crippen molar-refractivity contribution in [3.05, 3.63) is 65.5 Å². The zero-order valence-corrected chi connectivity index (χ0v) is 14.5. The molecule has 0 aliphatic rings. The minimum Gasteiger partial charge on any atom is -0.489 e. The second-order valence-electron chi connectivity index (χ2n) is 6.07. The first-order valence-corrected chi connectivity index (χ1v) is 8.46. The predicted octanol–water partition coefficient (Wildman–Crippen LogP) is 4.46. The summed E-state index contributed by atoms with van der Waals surface area (Å²) >= 11 is 0. The highest BCUT2D eigenvalue weighted by atomic mass is 16.5. The summed E-state index contributed by atoms with van der Waals surface area (Å²) in [7, 11) is 0. The van der Waals surface area contributed by atoms with Crippen LogP contribution in [0, 0.1) is 6.92 Å². The summed E-state index contributed by atoms with van der Waals surface area (Å²) in [5.74, 6) is 1.43. The highest BCUT2D eigenvalue weighted by molar-refractivity contribution is 5.55. The van der Waals surface area contributed by atoms with Crippen molar-refractivity contribution in [2.45, 2.75) is 39.4 Å². The van der Waals surface area contributed by atoms with Gasteiger partial charge in [-0.05, 0) is 37.1 Å². The molecule has 0 bridgehead atoms. The number of aliphatic hydroxyl groups excluding tert-OH is 1. The molecule has 3 rings (SSSR count). The topological polar surface area (TPSA) is 68.4 Å². The van der Waals surface area contributed by atoms with E-state index in [0.717, 1.165) is 23.3 Å². The molecule has 1 unspecified atom stereocenters. The van der Waals surface area contributed by atoms with E-state index in [1.165, 1.54) is 5.56 Å². The fraction of sp³-hybridized carbons (Fsp3) is 0.300. The summed E-state index contributed by atoms with van der Waals surface area (Å²) in [6, 6.07) is 15.7. The van der Waals surface area contributed by atoms with Gasteiger partial charge in [0.05, 0.1) is 0 Å². The van der Waals surface area contributed by atoms with Crippen molar-refractivity contribution in [2.75, 3.05) is 0 Å². The lowest BCUT2D eigenvalue weighted by Gasteiger charge is -2.07. The summed E-state index contributed by atoms with van der Waals surface area (Å²) in [6.07, 6.45) is 0.773. The maximum absolute atomic E-state index is 9.96. The van der Waals surface area contributed by atoms with Gasteiger partial charge in [-0.3, -0.25) is 0 Å². The van der Waals surface area contributed by atoms with Gasteiger partial charge in [-0.2, -0.15) is 4.98 Å². The molecule has 0 fully saturated rings. The molecule has 0 amide bonds. The highest BCUT2D eigenvalue weighted by Gasteiger charge is 2.16. The van der Waals surface area contributed by atoms with Crippen molar-refractivity contribution in [3.8, 4) is 17.2 Å². The summed E-state index contributed by atoms with van der Waals surface area (Å²) < 4.78 is 11.1. The van der Waals surface area contributed by atoms with E-state index in [-0.39, 0.29) is 0 Å². The number of ether oxygens (including phenoxy) is 1. The van der Waals surface area contributed by atoms with E-state index < -0.39 is 6.10 Å². The van der Waals surface area contributed by atoms with E-state index in [1.807, 2.05) is 43.3 Å². The fourth-order valence-electron chi connectivity index (χ4n) is 2.58. The lowest BCUT2D eigenvalue weighted by molar-refractivity contribution is 0.153. The number of aryl methyl sites for hydroxylation is 1. The third kappa shape index (κ3) is 4.45. The van der Waals surface area contributed by atoms with Gasteiger partial charge in [0.1, 0.15) is 18.5 Å². The normalized spacial score (nSPS) is 12.1. The van der Waals surface area contributed by atoms with Gasteiger partial charge in [0, 0.05) is 5.56 Å². The van der Waals surface area contributed by atoms with E-state index >= 15 is 0 Å². The Kier molecular flexibility index (Phi) is 5.46. The zero-order chi connectivity index (χ0) is 17.6. The van der Waals surface area contributed by atoms with Crippen molar-refractivity contribution in [2.24, 2.45) is 0 Å². The average molecular weight is 338 g/mol. The van der Waals surface area contributed by atoms with Crippen LogP contribution in [0.5, 0.6) is 5.75 Å². The van der Waals surface area contributed by atoms with Crippen molar-refractivity contribution >= 4 is 0 Å². The molecule has 0 radical (unpaired) electrons. The van der Waals surface area contributed by atoms with Crippen LogP contribution in [0.3, 0.4) is 0 Å². The second kappa shape index (κ2) is 7.94. The Morgan fingerprint density at radius 1 is 1.16 bits per heavy atom. The molecule has 0 saturated carbocycles. The third-order valence-corrected chi connectivity index (χ3v) is 3.87. The van der Waals surface area contributed by atoms with Crippen molar-refractivity contribution in [1.29, 1.82) is 0 Å². The van der Waals surface area contributed by atoms with Gasteiger partial charge >= 0.3 is 0 Å². The van der Waals surface area contributed by atoms with Gasteiger partial charge in [0.15, 0.2) is 0 Å². The maximum Gasteiger partial charge on any atom is 0.258 e. The highest BCUT2D eigenvalue weighted by Crippen LogP contribution is 2.25. The minimum atomic E-state index is -0.691. The van der Waals surface area contributed by atoms with Crippen molar-refractivity contribution in [1.82, 2.24) is 10.1 Å². The third-order valence-electron chi connectivity index (χ3n) is 3.87. The Balaban J connectivity index is 1.71. The quantitative estimate of drug-likeness (QED) is 0.689. The number of nitrogens with zero attached hydrogens (tertiary/aromatic N) is 2. The molecule has 5 heteroatoms. The molecule has 2 aromatic carbocycles. The largest absolute Gasteiger partial charge is 0.489 e. The van der Waals surface area contributed by atoms with Crippen LogP contribution < -0.4 is 4.74 Å². The van der Waals surface area contributed by atoms with E-state index in [4.69, 9.17) is 9.26 Å². The number of hydrogen-bond donors (Lipinski definition) is 1. The van der Waals surface area contributed by atoms with Crippen LogP contribution >= 0.6 is 0 Å². The molecule has 0 aliphatic heterocycles. The number of aromatic nitrogens is 2. The van der Waals surface area contributed by atoms with Crippen LogP contribution in [-0.2, 0) is 6.61 Å². The molecular weight excluding hydrogens is 316 g/mol. The molecule has 0 spiro atoms. The molecule has 1 atom stereocenters. The summed E-state index contributed by atoms with van der Waals surface area (Å²) in [5.41, 5.74) is 3.09. The number of hydrogen-bond acceptors (Lipinski definition) is 5. The first kappa shape index (κ1) is 17.2. The van der Waals surface area contributed by atoms with Gasteiger partial charge in [-0.1, -0.05) is 54.4 Å². The average Bonchev–Trinajstić information content (AvgIpc) is 3.11. The van der Waals surface area contributed by atoms with Gasteiger partial charge in [0.2, 0.25) is 5.82 Å². The number of rotatable bonds is 7. The Labute approximate surface area is 147 Å².